The molecular weight excluding hydrogens is 388 g/mol. The Bertz CT molecular complexity index is 1040. The summed E-state index contributed by atoms with van der Waals surface area (Å²) in [6.45, 7) is 5.29. The van der Waals surface area contributed by atoms with Crippen molar-refractivity contribution in [3.63, 3.8) is 0 Å². The number of nitrogens with one attached hydrogen (secondary N) is 1. The summed E-state index contributed by atoms with van der Waals surface area (Å²) in [6.07, 6.45) is -0.562. The van der Waals surface area contributed by atoms with Crippen molar-refractivity contribution >= 4 is 44.8 Å². The quantitative estimate of drug-likeness (QED) is 0.630. The molecule has 0 amide bonds. The first-order chi connectivity index (χ1) is 12.9. The zero-order valence-corrected chi connectivity index (χ0v) is 16.7. The number of aromatic nitrogens is 2. The number of carbonyl (C=O) groups is 2. The monoisotopic (exact) mass is 406 g/mol. The van der Waals surface area contributed by atoms with Crippen LogP contribution in [-0.2, 0) is 20.7 Å². The first kappa shape index (κ1) is 19.2. The molecule has 7 nitrogen and oxygen atoms in total. The summed E-state index contributed by atoms with van der Waals surface area (Å²) in [4.78, 5) is 44.4. The molecule has 0 fully saturated rings. The normalized spacial score (nSPS) is 12.1. The number of thiophene rings is 2. The maximum Gasteiger partial charge on any atom is 0.348 e. The van der Waals surface area contributed by atoms with Crippen molar-refractivity contribution in [1.82, 2.24) is 9.97 Å². The Morgan fingerprint density at radius 3 is 2.81 bits per heavy atom. The van der Waals surface area contributed by atoms with Gasteiger partial charge in [0.15, 0.2) is 11.9 Å². The Balaban J connectivity index is 1.85. The van der Waals surface area contributed by atoms with Crippen molar-refractivity contribution in [2.45, 2.75) is 33.3 Å². The van der Waals surface area contributed by atoms with Gasteiger partial charge in [0.1, 0.15) is 9.71 Å². The van der Waals surface area contributed by atoms with Gasteiger partial charge in [-0.05, 0) is 48.7 Å². The molecular formula is C18H18N2O5S2. The van der Waals surface area contributed by atoms with Crippen molar-refractivity contribution in [2.75, 3.05) is 6.61 Å². The van der Waals surface area contributed by atoms with Crippen molar-refractivity contribution in [3.05, 3.63) is 49.0 Å². The summed E-state index contributed by atoms with van der Waals surface area (Å²) in [5.74, 6) is -0.643. The van der Waals surface area contributed by atoms with Crippen LogP contribution in [0.1, 0.15) is 46.6 Å². The molecule has 3 aromatic heterocycles. The van der Waals surface area contributed by atoms with E-state index >= 15 is 0 Å². The molecule has 0 spiro atoms. The highest BCUT2D eigenvalue weighted by molar-refractivity contribution is 7.20. The maximum absolute atomic E-state index is 12.5. The fraction of sp³-hybridized carbons (Fsp3) is 0.333. The standard InChI is InChI=1S/C18H18N2O5S2/c1-4-24-18(23)14-9(2)13-16(22)19-15(20-17(13)27-14)10(3)25-12(21)7-11-5-6-26-8-11/h5-6,8,10H,4,7H2,1-3H3,(H,19,20,22)/t10-/m1/s1. The third kappa shape index (κ3) is 4.09. The molecule has 0 saturated carbocycles. The van der Waals surface area contributed by atoms with Gasteiger partial charge in [0.05, 0.1) is 18.4 Å². The molecule has 1 atom stereocenters. The fourth-order valence-corrected chi connectivity index (χ4v) is 4.35. The van der Waals surface area contributed by atoms with Gasteiger partial charge in [0.2, 0.25) is 0 Å². The van der Waals surface area contributed by atoms with Crippen LogP contribution in [0.25, 0.3) is 10.2 Å². The zero-order chi connectivity index (χ0) is 19.6. The third-order valence-corrected chi connectivity index (χ3v) is 5.80. The molecule has 0 aliphatic heterocycles. The molecule has 9 heteroatoms. The lowest BCUT2D eigenvalue weighted by molar-refractivity contribution is -0.148. The molecule has 3 heterocycles. The molecule has 0 radical (unpaired) electrons. The van der Waals surface area contributed by atoms with Crippen LogP contribution >= 0.6 is 22.7 Å². The van der Waals surface area contributed by atoms with Crippen LogP contribution in [0.5, 0.6) is 0 Å². The van der Waals surface area contributed by atoms with E-state index in [0.717, 1.165) is 16.9 Å². The molecule has 3 aromatic rings. The van der Waals surface area contributed by atoms with Crippen LogP contribution < -0.4 is 5.56 Å². The van der Waals surface area contributed by atoms with Gasteiger partial charge >= 0.3 is 11.9 Å². The molecule has 0 saturated heterocycles. The highest BCUT2D eigenvalue weighted by atomic mass is 32.1. The largest absolute Gasteiger partial charge is 0.462 e. The predicted octanol–water partition coefficient (Wildman–Crippen LogP) is 3.38. The van der Waals surface area contributed by atoms with E-state index in [1.807, 2.05) is 16.8 Å². The van der Waals surface area contributed by atoms with E-state index in [4.69, 9.17) is 9.47 Å². The Morgan fingerprint density at radius 1 is 1.37 bits per heavy atom. The first-order valence-corrected chi connectivity index (χ1v) is 10.1. The average Bonchev–Trinajstić information content (AvgIpc) is 3.22. The van der Waals surface area contributed by atoms with Gasteiger partial charge in [0.25, 0.3) is 5.56 Å². The number of carbonyl (C=O) groups excluding carboxylic acids is 2. The van der Waals surface area contributed by atoms with E-state index in [2.05, 4.69) is 9.97 Å². The van der Waals surface area contributed by atoms with Gasteiger partial charge in [-0.2, -0.15) is 11.3 Å². The molecule has 0 aliphatic carbocycles. The number of ether oxygens (including phenoxy) is 2. The number of hydrogen-bond acceptors (Lipinski definition) is 8. The highest BCUT2D eigenvalue weighted by Crippen LogP contribution is 2.28. The van der Waals surface area contributed by atoms with Gasteiger partial charge in [-0.3, -0.25) is 9.59 Å². The van der Waals surface area contributed by atoms with Gasteiger partial charge in [-0.1, -0.05) is 0 Å². The van der Waals surface area contributed by atoms with Gasteiger partial charge < -0.3 is 14.5 Å². The Labute approximate surface area is 163 Å². The van der Waals surface area contributed by atoms with E-state index in [1.165, 1.54) is 11.3 Å². The Morgan fingerprint density at radius 2 is 2.15 bits per heavy atom. The third-order valence-electron chi connectivity index (χ3n) is 3.90. The molecule has 1 N–H and O–H groups in total. The number of nitrogens with zero attached hydrogens (tertiary/aromatic N) is 1. The van der Waals surface area contributed by atoms with E-state index in [-0.39, 0.29) is 24.4 Å². The molecule has 0 unspecified atom stereocenters. The average molecular weight is 406 g/mol. The van der Waals surface area contributed by atoms with Gasteiger partial charge in [0, 0.05) is 0 Å². The van der Waals surface area contributed by atoms with Crippen molar-refractivity contribution in [3.8, 4) is 0 Å². The highest BCUT2D eigenvalue weighted by Gasteiger charge is 2.22. The number of aromatic amines is 1. The van der Waals surface area contributed by atoms with Crippen molar-refractivity contribution < 1.29 is 19.1 Å². The zero-order valence-electron chi connectivity index (χ0n) is 15.0. The van der Waals surface area contributed by atoms with Gasteiger partial charge in [-0.15, -0.1) is 11.3 Å². The van der Waals surface area contributed by atoms with E-state index in [1.54, 1.807) is 20.8 Å². The first-order valence-electron chi connectivity index (χ1n) is 8.31. The summed E-state index contributed by atoms with van der Waals surface area (Å²) in [5, 5.41) is 4.12. The summed E-state index contributed by atoms with van der Waals surface area (Å²) < 4.78 is 10.4. The van der Waals surface area contributed by atoms with E-state index in [9.17, 15) is 14.4 Å². The Kier molecular flexibility index (Phi) is 5.71. The minimum Gasteiger partial charge on any atom is -0.462 e. The second kappa shape index (κ2) is 8.01. The topological polar surface area (TPSA) is 98.3 Å². The lowest BCUT2D eigenvalue weighted by Gasteiger charge is -2.12. The van der Waals surface area contributed by atoms with Crippen LogP contribution in [0.15, 0.2) is 21.6 Å². The second-order valence-electron chi connectivity index (χ2n) is 5.85. The number of aryl methyl sites for hydroxylation is 1. The number of hydrogen-bond donors (Lipinski definition) is 1. The molecule has 27 heavy (non-hydrogen) atoms. The van der Waals surface area contributed by atoms with Crippen LogP contribution in [-0.4, -0.2) is 28.5 Å². The molecule has 0 bridgehead atoms. The lowest BCUT2D eigenvalue weighted by Crippen LogP contribution is -2.18. The minimum absolute atomic E-state index is 0.158. The van der Waals surface area contributed by atoms with Crippen LogP contribution in [0.2, 0.25) is 0 Å². The predicted molar refractivity (Wildman–Crippen MR) is 103 cm³/mol. The second-order valence-corrected chi connectivity index (χ2v) is 7.63. The minimum atomic E-state index is -0.721. The molecule has 0 aliphatic rings. The van der Waals surface area contributed by atoms with E-state index < -0.39 is 18.0 Å². The summed E-state index contributed by atoms with van der Waals surface area (Å²) in [6, 6.07) is 1.86. The van der Waals surface area contributed by atoms with Crippen molar-refractivity contribution in [2.24, 2.45) is 0 Å². The fourth-order valence-electron chi connectivity index (χ4n) is 2.60. The van der Waals surface area contributed by atoms with Crippen molar-refractivity contribution in [1.29, 1.82) is 0 Å². The summed E-state index contributed by atoms with van der Waals surface area (Å²) in [7, 11) is 0. The smallest absolute Gasteiger partial charge is 0.348 e. The van der Waals surface area contributed by atoms with Crippen LogP contribution in [0, 0.1) is 6.92 Å². The molecule has 3 rings (SSSR count). The summed E-state index contributed by atoms with van der Waals surface area (Å²) in [5.41, 5.74) is 1.04. The number of esters is 2. The van der Waals surface area contributed by atoms with Crippen LogP contribution in [0.4, 0.5) is 0 Å². The molecule has 142 valence electrons. The van der Waals surface area contributed by atoms with Crippen LogP contribution in [0.3, 0.4) is 0 Å². The molecule has 0 aromatic carbocycles. The SMILES string of the molecule is CCOC(=O)c1sc2nc([C@@H](C)OC(=O)Cc3ccsc3)[nH]c(=O)c2c1C. The van der Waals surface area contributed by atoms with E-state index in [0.29, 0.717) is 20.7 Å². The number of H-pyrrole nitrogens is 1. The van der Waals surface area contributed by atoms with Gasteiger partial charge in [-0.25, -0.2) is 9.78 Å². The maximum atomic E-state index is 12.5. The summed E-state index contributed by atoms with van der Waals surface area (Å²) >= 11 is 2.60. The lowest BCUT2D eigenvalue weighted by atomic mass is 10.2. The number of fused-ring (bicyclic) bond motifs is 1. The number of rotatable bonds is 6. The Hall–Kier alpha value is -2.52.